The summed E-state index contributed by atoms with van der Waals surface area (Å²) in [5.41, 5.74) is 1.14. The normalized spacial score (nSPS) is 11.8. The van der Waals surface area contributed by atoms with Gasteiger partial charge in [-0.3, -0.25) is 4.79 Å². The molecule has 4 nitrogen and oxygen atoms in total. The first-order valence-corrected chi connectivity index (χ1v) is 8.74. The maximum atomic E-state index is 12.2. The molecule has 26 heavy (non-hydrogen) atoms. The van der Waals surface area contributed by atoms with Crippen molar-refractivity contribution >= 4 is 16.7 Å². The highest BCUT2D eigenvalue weighted by atomic mass is 16.5. The average Bonchev–Trinajstić information content (AvgIpc) is 2.65. The van der Waals surface area contributed by atoms with Crippen molar-refractivity contribution in [2.75, 3.05) is 13.2 Å². The van der Waals surface area contributed by atoms with Crippen LogP contribution in [0.4, 0.5) is 0 Å². The molecule has 3 rings (SSSR count). The number of benzene rings is 3. The van der Waals surface area contributed by atoms with Gasteiger partial charge >= 0.3 is 0 Å². The summed E-state index contributed by atoms with van der Waals surface area (Å²) < 4.78 is 11.4. The second kappa shape index (κ2) is 8.39. The van der Waals surface area contributed by atoms with Crippen molar-refractivity contribution in [3.63, 3.8) is 0 Å². The summed E-state index contributed by atoms with van der Waals surface area (Å²) in [7, 11) is 0. The van der Waals surface area contributed by atoms with Crippen molar-refractivity contribution in [1.82, 2.24) is 5.32 Å². The molecule has 0 aliphatic heterocycles. The first-order valence-electron chi connectivity index (χ1n) is 8.74. The fourth-order valence-electron chi connectivity index (χ4n) is 2.69. The Bertz CT molecular complexity index is 891. The predicted octanol–water partition coefficient (Wildman–Crippen LogP) is 4.11. The molecule has 0 saturated heterocycles. The Balaban J connectivity index is 1.46. The topological polar surface area (TPSA) is 47.6 Å². The Hall–Kier alpha value is -3.01. The fraction of sp³-hybridized carbons (Fsp3) is 0.227. The standard InChI is InChI=1S/C22H23NO3/c1-16-6-5-9-20(14-16)25-13-12-23-22(24)17(2)26-21-11-10-18-7-3-4-8-19(18)15-21/h3-11,14-15,17H,12-13H2,1-2H3,(H,23,24)/t17-/m0/s1. The van der Waals surface area contributed by atoms with E-state index in [1.54, 1.807) is 6.92 Å². The van der Waals surface area contributed by atoms with E-state index in [0.717, 1.165) is 22.1 Å². The molecule has 0 unspecified atom stereocenters. The molecule has 1 amide bonds. The number of hydrogen-bond donors (Lipinski definition) is 1. The lowest BCUT2D eigenvalue weighted by molar-refractivity contribution is -0.127. The van der Waals surface area contributed by atoms with Gasteiger partial charge in [-0.25, -0.2) is 0 Å². The van der Waals surface area contributed by atoms with E-state index in [1.165, 1.54) is 0 Å². The van der Waals surface area contributed by atoms with Gasteiger partial charge in [0.15, 0.2) is 6.10 Å². The van der Waals surface area contributed by atoms with Crippen LogP contribution in [0.1, 0.15) is 12.5 Å². The predicted molar refractivity (Wildman–Crippen MR) is 104 cm³/mol. The van der Waals surface area contributed by atoms with Crippen LogP contribution >= 0.6 is 0 Å². The molecule has 1 N–H and O–H groups in total. The molecule has 0 spiro atoms. The Morgan fingerprint density at radius 3 is 2.58 bits per heavy atom. The van der Waals surface area contributed by atoms with Crippen molar-refractivity contribution in [3.8, 4) is 11.5 Å². The number of hydrogen-bond acceptors (Lipinski definition) is 3. The lowest BCUT2D eigenvalue weighted by Gasteiger charge is -2.15. The summed E-state index contributed by atoms with van der Waals surface area (Å²) in [5.74, 6) is 1.33. The molecular weight excluding hydrogens is 326 g/mol. The molecule has 3 aromatic rings. The summed E-state index contributed by atoms with van der Waals surface area (Å²) >= 11 is 0. The zero-order chi connectivity index (χ0) is 18.4. The van der Waals surface area contributed by atoms with Crippen LogP contribution in [0.25, 0.3) is 10.8 Å². The SMILES string of the molecule is Cc1cccc(OCCNC(=O)[C@H](C)Oc2ccc3ccccc3c2)c1. The van der Waals surface area contributed by atoms with E-state index in [4.69, 9.17) is 9.47 Å². The minimum Gasteiger partial charge on any atom is -0.492 e. The van der Waals surface area contributed by atoms with Gasteiger partial charge in [0.1, 0.15) is 18.1 Å². The molecule has 134 valence electrons. The quantitative estimate of drug-likeness (QED) is 0.653. The number of aryl methyl sites for hydroxylation is 1. The Labute approximate surface area is 153 Å². The van der Waals surface area contributed by atoms with Crippen LogP contribution in [0.2, 0.25) is 0 Å². The van der Waals surface area contributed by atoms with Crippen molar-refractivity contribution in [1.29, 1.82) is 0 Å². The molecular formula is C22H23NO3. The summed E-state index contributed by atoms with van der Waals surface area (Å²) in [6, 6.07) is 21.7. The van der Waals surface area contributed by atoms with Gasteiger partial charge in [-0.2, -0.15) is 0 Å². The van der Waals surface area contributed by atoms with Crippen molar-refractivity contribution in [2.45, 2.75) is 20.0 Å². The highest BCUT2D eigenvalue weighted by Crippen LogP contribution is 2.21. The minimum absolute atomic E-state index is 0.161. The summed E-state index contributed by atoms with van der Waals surface area (Å²) in [5, 5.41) is 5.07. The van der Waals surface area contributed by atoms with Crippen LogP contribution in [-0.2, 0) is 4.79 Å². The number of carbonyl (C=O) groups excluding carboxylic acids is 1. The highest BCUT2D eigenvalue weighted by molar-refractivity contribution is 5.84. The van der Waals surface area contributed by atoms with Crippen LogP contribution in [0.5, 0.6) is 11.5 Å². The van der Waals surface area contributed by atoms with E-state index in [9.17, 15) is 4.79 Å². The molecule has 4 heteroatoms. The first kappa shape index (κ1) is 17.8. The number of nitrogens with one attached hydrogen (secondary N) is 1. The number of amides is 1. The van der Waals surface area contributed by atoms with Gasteiger partial charge in [0.05, 0.1) is 6.54 Å². The summed E-state index contributed by atoms with van der Waals surface area (Å²) in [6.45, 7) is 4.60. The zero-order valence-electron chi connectivity index (χ0n) is 15.1. The number of carbonyl (C=O) groups is 1. The maximum Gasteiger partial charge on any atom is 0.260 e. The van der Waals surface area contributed by atoms with Crippen molar-refractivity contribution < 1.29 is 14.3 Å². The summed E-state index contributed by atoms with van der Waals surface area (Å²) in [4.78, 5) is 12.2. The number of fused-ring (bicyclic) bond motifs is 1. The largest absolute Gasteiger partial charge is 0.492 e. The van der Waals surface area contributed by atoms with Crippen molar-refractivity contribution in [3.05, 3.63) is 72.3 Å². The molecule has 0 saturated carbocycles. The van der Waals surface area contributed by atoms with Crippen LogP contribution in [0.3, 0.4) is 0 Å². The molecule has 1 atom stereocenters. The molecule has 3 aromatic carbocycles. The van der Waals surface area contributed by atoms with Crippen LogP contribution < -0.4 is 14.8 Å². The Morgan fingerprint density at radius 1 is 0.962 bits per heavy atom. The van der Waals surface area contributed by atoms with E-state index < -0.39 is 6.10 Å². The smallest absolute Gasteiger partial charge is 0.260 e. The average molecular weight is 349 g/mol. The van der Waals surface area contributed by atoms with Crippen LogP contribution in [-0.4, -0.2) is 25.2 Å². The molecule has 0 radical (unpaired) electrons. The van der Waals surface area contributed by atoms with Gasteiger partial charge in [0.25, 0.3) is 5.91 Å². The summed E-state index contributed by atoms with van der Waals surface area (Å²) in [6.07, 6.45) is -0.574. The molecule has 0 fully saturated rings. The van der Waals surface area contributed by atoms with Crippen LogP contribution in [0, 0.1) is 6.92 Å². The third-order valence-electron chi connectivity index (χ3n) is 4.06. The fourth-order valence-corrected chi connectivity index (χ4v) is 2.69. The van der Waals surface area contributed by atoms with Crippen molar-refractivity contribution in [2.24, 2.45) is 0 Å². The molecule has 0 aliphatic carbocycles. The van der Waals surface area contributed by atoms with Gasteiger partial charge in [0.2, 0.25) is 0 Å². The van der Waals surface area contributed by atoms with E-state index in [1.807, 2.05) is 73.7 Å². The van der Waals surface area contributed by atoms with E-state index in [-0.39, 0.29) is 5.91 Å². The van der Waals surface area contributed by atoms with Crippen LogP contribution in [0.15, 0.2) is 66.7 Å². The molecule has 0 heterocycles. The molecule has 0 aliphatic rings. The molecule has 0 aromatic heterocycles. The second-order valence-corrected chi connectivity index (χ2v) is 6.23. The highest BCUT2D eigenvalue weighted by Gasteiger charge is 2.14. The van der Waals surface area contributed by atoms with Gasteiger partial charge in [0, 0.05) is 0 Å². The first-order chi connectivity index (χ1) is 12.6. The lowest BCUT2D eigenvalue weighted by atomic mass is 10.1. The van der Waals surface area contributed by atoms with Gasteiger partial charge < -0.3 is 14.8 Å². The zero-order valence-corrected chi connectivity index (χ0v) is 15.1. The Morgan fingerprint density at radius 2 is 1.77 bits per heavy atom. The number of ether oxygens (including phenoxy) is 2. The van der Waals surface area contributed by atoms with E-state index in [2.05, 4.69) is 5.32 Å². The van der Waals surface area contributed by atoms with E-state index >= 15 is 0 Å². The third-order valence-corrected chi connectivity index (χ3v) is 4.06. The minimum atomic E-state index is -0.574. The maximum absolute atomic E-state index is 12.2. The second-order valence-electron chi connectivity index (χ2n) is 6.23. The van der Waals surface area contributed by atoms with Gasteiger partial charge in [-0.15, -0.1) is 0 Å². The van der Waals surface area contributed by atoms with Gasteiger partial charge in [-0.1, -0.05) is 42.5 Å². The number of rotatable bonds is 7. The lowest BCUT2D eigenvalue weighted by Crippen LogP contribution is -2.38. The Kier molecular flexibility index (Phi) is 5.74. The molecule has 0 bridgehead atoms. The van der Waals surface area contributed by atoms with E-state index in [0.29, 0.717) is 18.9 Å². The monoisotopic (exact) mass is 349 g/mol. The third kappa shape index (κ3) is 4.76. The van der Waals surface area contributed by atoms with Gasteiger partial charge in [-0.05, 0) is 54.4 Å².